The van der Waals surface area contributed by atoms with E-state index in [1.807, 2.05) is 0 Å². The van der Waals surface area contributed by atoms with Gasteiger partial charge < -0.3 is 10.5 Å². The minimum absolute atomic E-state index is 0.143. The lowest BCUT2D eigenvalue weighted by Gasteiger charge is -2.31. The molecule has 1 heterocycles. The van der Waals surface area contributed by atoms with Crippen molar-refractivity contribution in [1.82, 2.24) is 0 Å². The summed E-state index contributed by atoms with van der Waals surface area (Å²) in [5, 5.41) is 0. The lowest BCUT2D eigenvalue weighted by Crippen LogP contribution is -2.44. The minimum atomic E-state index is -0.510. The highest BCUT2D eigenvalue weighted by Crippen LogP contribution is 2.35. The maximum absolute atomic E-state index is 11.9. The molecule has 0 bridgehead atoms. The number of carbonyl (C=O) groups excluding carboxylic acids is 1. The number of nitrogen functional groups attached to an aromatic ring is 1. The Labute approximate surface area is 94.0 Å². The van der Waals surface area contributed by atoms with Gasteiger partial charge in [-0.2, -0.15) is 0 Å². The second kappa shape index (κ2) is 3.78. The first kappa shape index (κ1) is 10.4. The summed E-state index contributed by atoms with van der Waals surface area (Å²) in [6.07, 6.45) is 4.74. The van der Waals surface area contributed by atoms with Crippen LogP contribution >= 0.6 is 0 Å². The number of nitrogens with zero attached hydrogens (tertiary/aromatic N) is 1. The molecule has 0 saturated carbocycles. The number of anilines is 2. The molecule has 1 atom stereocenters. The Morgan fingerprint density at radius 1 is 1.62 bits per heavy atom. The van der Waals surface area contributed by atoms with Gasteiger partial charge in [0.1, 0.15) is 5.75 Å². The van der Waals surface area contributed by atoms with E-state index in [0.717, 1.165) is 0 Å². The first-order chi connectivity index (χ1) is 7.63. The van der Waals surface area contributed by atoms with Gasteiger partial charge in [-0.15, -0.1) is 6.42 Å². The molecule has 0 saturated heterocycles. The molecule has 2 N–H and O–H groups in total. The van der Waals surface area contributed by atoms with E-state index in [0.29, 0.717) is 17.1 Å². The molecular formula is C12H12N2O2. The van der Waals surface area contributed by atoms with Crippen molar-refractivity contribution in [2.45, 2.75) is 13.0 Å². The van der Waals surface area contributed by atoms with Gasteiger partial charge in [-0.05, 0) is 25.1 Å². The van der Waals surface area contributed by atoms with Gasteiger partial charge in [-0.1, -0.05) is 5.92 Å². The standard InChI is InChI=1S/C12H12N2O2/c1-3-6-14-10-7-9(13)4-5-11(10)16-8(2)12(14)15/h1,4-5,7-8H,6,13H2,2H3. The molecule has 1 unspecified atom stereocenters. The number of ether oxygens (including phenoxy) is 1. The van der Waals surface area contributed by atoms with Gasteiger partial charge in [0, 0.05) is 5.69 Å². The fourth-order valence-electron chi connectivity index (χ4n) is 1.68. The Hall–Kier alpha value is -2.15. The van der Waals surface area contributed by atoms with Crippen LogP contribution in [-0.2, 0) is 4.79 Å². The van der Waals surface area contributed by atoms with Crippen molar-refractivity contribution >= 4 is 17.3 Å². The van der Waals surface area contributed by atoms with Crippen LogP contribution in [0.4, 0.5) is 11.4 Å². The molecule has 0 aromatic heterocycles. The third-order valence-corrected chi connectivity index (χ3v) is 2.44. The van der Waals surface area contributed by atoms with E-state index >= 15 is 0 Å². The second-order valence-corrected chi connectivity index (χ2v) is 3.62. The molecule has 0 spiro atoms. The lowest BCUT2D eigenvalue weighted by atomic mass is 10.1. The van der Waals surface area contributed by atoms with Gasteiger partial charge in [-0.25, -0.2) is 0 Å². The van der Waals surface area contributed by atoms with Crippen molar-refractivity contribution in [3.05, 3.63) is 18.2 Å². The van der Waals surface area contributed by atoms with E-state index in [-0.39, 0.29) is 12.5 Å². The highest BCUT2D eigenvalue weighted by Gasteiger charge is 2.30. The zero-order chi connectivity index (χ0) is 11.7. The Bertz CT molecular complexity index is 476. The summed E-state index contributed by atoms with van der Waals surface area (Å²) in [5.41, 5.74) is 6.89. The minimum Gasteiger partial charge on any atom is -0.479 e. The predicted molar refractivity (Wildman–Crippen MR) is 62.1 cm³/mol. The van der Waals surface area contributed by atoms with E-state index < -0.39 is 6.10 Å². The van der Waals surface area contributed by atoms with Crippen LogP contribution in [0.3, 0.4) is 0 Å². The molecule has 1 aliphatic rings. The molecule has 2 rings (SSSR count). The normalized spacial score (nSPS) is 18.6. The molecular weight excluding hydrogens is 204 g/mol. The van der Waals surface area contributed by atoms with Gasteiger partial charge in [0.05, 0.1) is 12.2 Å². The molecule has 16 heavy (non-hydrogen) atoms. The number of benzene rings is 1. The van der Waals surface area contributed by atoms with E-state index in [1.165, 1.54) is 4.90 Å². The number of amides is 1. The summed E-state index contributed by atoms with van der Waals surface area (Å²) in [7, 11) is 0. The van der Waals surface area contributed by atoms with Crippen molar-refractivity contribution in [3.63, 3.8) is 0 Å². The molecule has 1 amide bonds. The average Bonchev–Trinajstić information content (AvgIpc) is 2.26. The smallest absolute Gasteiger partial charge is 0.268 e. The zero-order valence-electron chi connectivity index (χ0n) is 8.93. The highest BCUT2D eigenvalue weighted by molar-refractivity contribution is 6.00. The molecule has 1 aliphatic heterocycles. The van der Waals surface area contributed by atoms with Crippen LogP contribution in [0.1, 0.15) is 6.92 Å². The largest absolute Gasteiger partial charge is 0.479 e. The number of hydrogen-bond donors (Lipinski definition) is 1. The van der Waals surface area contributed by atoms with E-state index in [4.69, 9.17) is 16.9 Å². The number of nitrogens with two attached hydrogens (primary N) is 1. The second-order valence-electron chi connectivity index (χ2n) is 3.62. The third kappa shape index (κ3) is 1.57. The summed E-state index contributed by atoms with van der Waals surface area (Å²) >= 11 is 0. The molecule has 82 valence electrons. The van der Waals surface area contributed by atoms with Crippen LogP contribution in [0, 0.1) is 12.3 Å². The third-order valence-electron chi connectivity index (χ3n) is 2.44. The molecule has 0 radical (unpaired) electrons. The predicted octanol–water partition coefficient (Wildman–Crippen LogP) is 1.02. The quantitative estimate of drug-likeness (QED) is 0.563. The summed E-state index contributed by atoms with van der Waals surface area (Å²) < 4.78 is 5.46. The van der Waals surface area contributed by atoms with Crippen LogP contribution in [0.25, 0.3) is 0 Å². The first-order valence-electron chi connectivity index (χ1n) is 4.94. The van der Waals surface area contributed by atoms with Crippen molar-refractivity contribution < 1.29 is 9.53 Å². The van der Waals surface area contributed by atoms with Gasteiger partial charge in [-0.3, -0.25) is 9.69 Å². The summed E-state index contributed by atoms with van der Waals surface area (Å²) in [5.74, 6) is 2.95. The maximum Gasteiger partial charge on any atom is 0.268 e. The van der Waals surface area contributed by atoms with Crippen LogP contribution in [-0.4, -0.2) is 18.6 Å². The molecule has 4 heteroatoms. The zero-order valence-corrected chi connectivity index (χ0v) is 8.93. The number of rotatable bonds is 1. The number of hydrogen-bond acceptors (Lipinski definition) is 3. The van der Waals surface area contributed by atoms with Crippen LogP contribution in [0.5, 0.6) is 5.75 Å². The molecule has 4 nitrogen and oxygen atoms in total. The number of fused-ring (bicyclic) bond motifs is 1. The van der Waals surface area contributed by atoms with Crippen LogP contribution < -0.4 is 15.4 Å². The molecule has 0 fully saturated rings. The maximum atomic E-state index is 11.9. The van der Waals surface area contributed by atoms with E-state index in [1.54, 1.807) is 25.1 Å². The fourth-order valence-corrected chi connectivity index (χ4v) is 1.68. The summed E-state index contributed by atoms with van der Waals surface area (Å²) in [6, 6.07) is 5.17. The molecule has 1 aromatic carbocycles. The van der Waals surface area contributed by atoms with Gasteiger partial charge >= 0.3 is 0 Å². The molecule has 0 aliphatic carbocycles. The van der Waals surface area contributed by atoms with Crippen molar-refractivity contribution in [1.29, 1.82) is 0 Å². The van der Waals surface area contributed by atoms with E-state index in [2.05, 4.69) is 5.92 Å². The lowest BCUT2D eigenvalue weighted by molar-refractivity contribution is -0.125. The topological polar surface area (TPSA) is 55.6 Å². The SMILES string of the molecule is C#CCN1C(=O)C(C)Oc2ccc(N)cc21. The first-order valence-corrected chi connectivity index (χ1v) is 4.94. The Morgan fingerprint density at radius 2 is 2.38 bits per heavy atom. The fraction of sp³-hybridized carbons (Fsp3) is 0.250. The highest BCUT2D eigenvalue weighted by atomic mass is 16.5. The van der Waals surface area contributed by atoms with Gasteiger partial charge in [0.15, 0.2) is 6.10 Å². The average molecular weight is 216 g/mol. The van der Waals surface area contributed by atoms with Crippen molar-refractivity contribution in [2.75, 3.05) is 17.2 Å². The monoisotopic (exact) mass is 216 g/mol. The Kier molecular flexibility index (Phi) is 2.45. The number of terminal acetylenes is 1. The van der Waals surface area contributed by atoms with Crippen LogP contribution in [0.15, 0.2) is 18.2 Å². The van der Waals surface area contributed by atoms with E-state index in [9.17, 15) is 4.79 Å². The Balaban J connectivity index is 2.50. The Morgan fingerprint density at radius 3 is 3.06 bits per heavy atom. The molecule has 1 aromatic rings. The summed E-state index contributed by atoms with van der Waals surface area (Å²) in [4.78, 5) is 13.4. The van der Waals surface area contributed by atoms with Crippen molar-refractivity contribution in [3.8, 4) is 18.1 Å². The summed E-state index contributed by atoms with van der Waals surface area (Å²) in [6.45, 7) is 1.92. The van der Waals surface area contributed by atoms with Crippen LogP contribution in [0.2, 0.25) is 0 Å². The number of carbonyl (C=O) groups is 1. The van der Waals surface area contributed by atoms with Crippen molar-refractivity contribution in [2.24, 2.45) is 0 Å². The van der Waals surface area contributed by atoms with Gasteiger partial charge in [0.25, 0.3) is 5.91 Å². The van der Waals surface area contributed by atoms with Gasteiger partial charge in [0.2, 0.25) is 0 Å².